The lowest BCUT2D eigenvalue weighted by atomic mass is 10.1. The molecule has 4 nitrogen and oxygen atoms in total. The third-order valence-electron chi connectivity index (χ3n) is 3.72. The molecule has 0 radical (unpaired) electrons. The van der Waals surface area contributed by atoms with Gasteiger partial charge in [-0.1, -0.05) is 23.7 Å². The highest BCUT2D eigenvalue weighted by Crippen LogP contribution is 2.28. The van der Waals surface area contributed by atoms with E-state index in [0.29, 0.717) is 12.2 Å². The molecule has 2 aromatic heterocycles. The zero-order chi connectivity index (χ0) is 15.7. The molecule has 0 bridgehead atoms. The van der Waals surface area contributed by atoms with Crippen LogP contribution in [0, 0.1) is 6.92 Å². The van der Waals surface area contributed by atoms with Gasteiger partial charge in [0.1, 0.15) is 5.82 Å². The first-order valence-electron chi connectivity index (χ1n) is 7.04. The van der Waals surface area contributed by atoms with E-state index >= 15 is 0 Å². The minimum atomic E-state index is 0.437. The molecule has 0 saturated carbocycles. The van der Waals surface area contributed by atoms with E-state index < -0.39 is 0 Å². The average molecular weight is 313 g/mol. The second-order valence-corrected chi connectivity index (χ2v) is 5.80. The predicted molar refractivity (Wildman–Crippen MR) is 89.8 cm³/mol. The molecule has 2 heterocycles. The molecule has 3 rings (SSSR count). The standard InChI is InChI=1S/C17H17ClN4/c1-11-8-15(10-14-6-7-16(19)21-20-14)22(2)17(11)12-4-3-5-13(18)9-12/h3-9H,10H2,1-2H3,(H2,19,21). The van der Waals surface area contributed by atoms with Gasteiger partial charge in [0, 0.05) is 24.2 Å². The van der Waals surface area contributed by atoms with Crippen molar-refractivity contribution >= 4 is 17.4 Å². The zero-order valence-corrected chi connectivity index (χ0v) is 13.3. The van der Waals surface area contributed by atoms with Crippen LogP contribution in [-0.4, -0.2) is 14.8 Å². The Hall–Kier alpha value is -2.33. The monoisotopic (exact) mass is 312 g/mol. The topological polar surface area (TPSA) is 56.7 Å². The summed E-state index contributed by atoms with van der Waals surface area (Å²) in [6.07, 6.45) is 0.713. The van der Waals surface area contributed by atoms with E-state index in [1.807, 2.05) is 24.3 Å². The van der Waals surface area contributed by atoms with Crippen molar-refractivity contribution in [3.8, 4) is 11.3 Å². The second-order valence-electron chi connectivity index (χ2n) is 5.36. The van der Waals surface area contributed by atoms with E-state index in [0.717, 1.165) is 16.3 Å². The lowest BCUT2D eigenvalue weighted by Gasteiger charge is -2.09. The van der Waals surface area contributed by atoms with Gasteiger partial charge in [-0.2, -0.15) is 5.10 Å². The molecule has 0 fully saturated rings. The van der Waals surface area contributed by atoms with Crippen molar-refractivity contribution in [1.29, 1.82) is 0 Å². The first kappa shape index (κ1) is 14.6. The van der Waals surface area contributed by atoms with Gasteiger partial charge in [0.2, 0.25) is 0 Å². The quantitative estimate of drug-likeness (QED) is 0.803. The number of nitrogens with zero attached hydrogens (tertiary/aromatic N) is 3. The van der Waals surface area contributed by atoms with Crippen molar-refractivity contribution in [3.05, 3.63) is 64.4 Å². The number of nitrogen functional groups attached to an aromatic ring is 1. The number of nitrogens with two attached hydrogens (primary N) is 1. The molecule has 0 amide bonds. The summed E-state index contributed by atoms with van der Waals surface area (Å²) in [6, 6.07) is 13.8. The lowest BCUT2D eigenvalue weighted by Crippen LogP contribution is -2.02. The highest BCUT2D eigenvalue weighted by Gasteiger charge is 2.13. The molecule has 0 saturated heterocycles. The van der Waals surface area contributed by atoms with Crippen LogP contribution < -0.4 is 5.73 Å². The Bertz CT molecular complexity index is 806. The zero-order valence-electron chi connectivity index (χ0n) is 12.5. The maximum atomic E-state index is 6.11. The van der Waals surface area contributed by atoms with Gasteiger partial charge in [-0.15, -0.1) is 5.10 Å². The van der Waals surface area contributed by atoms with Crippen LogP contribution in [0.4, 0.5) is 5.82 Å². The van der Waals surface area contributed by atoms with Crippen molar-refractivity contribution in [2.75, 3.05) is 5.73 Å². The molecule has 0 atom stereocenters. The van der Waals surface area contributed by atoms with Gasteiger partial charge in [-0.3, -0.25) is 0 Å². The average Bonchev–Trinajstić information content (AvgIpc) is 2.76. The molecule has 1 aromatic carbocycles. The van der Waals surface area contributed by atoms with Gasteiger partial charge < -0.3 is 10.3 Å². The highest BCUT2D eigenvalue weighted by atomic mass is 35.5. The number of benzene rings is 1. The summed E-state index contributed by atoms with van der Waals surface area (Å²) in [4.78, 5) is 0. The van der Waals surface area contributed by atoms with Gasteiger partial charge in [-0.05, 0) is 48.4 Å². The van der Waals surface area contributed by atoms with Gasteiger partial charge in [0.25, 0.3) is 0 Å². The van der Waals surface area contributed by atoms with E-state index in [4.69, 9.17) is 17.3 Å². The molecular formula is C17H17ClN4. The molecule has 0 aliphatic rings. The van der Waals surface area contributed by atoms with Crippen LogP contribution in [-0.2, 0) is 13.5 Å². The number of hydrogen-bond acceptors (Lipinski definition) is 3. The minimum Gasteiger partial charge on any atom is -0.382 e. The van der Waals surface area contributed by atoms with E-state index in [1.165, 1.54) is 17.0 Å². The summed E-state index contributed by atoms with van der Waals surface area (Å²) in [5.74, 6) is 0.437. The van der Waals surface area contributed by atoms with Crippen LogP contribution in [0.5, 0.6) is 0 Å². The summed E-state index contributed by atoms with van der Waals surface area (Å²) in [5.41, 5.74) is 11.1. The minimum absolute atomic E-state index is 0.437. The second kappa shape index (κ2) is 5.81. The fourth-order valence-corrected chi connectivity index (χ4v) is 2.89. The molecule has 0 aliphatic heterocycles. The van der Waals surface area contributed by atoms with Gasteiger partial charge in [0.15, 0.2) is 0 Å². The summed E-state index contributed by atoms with van der Waals surface area (Å²) in [7, 11) is 2.06. The number of rotatable bonds is 3. The van der Waals surface area contributed by atoms with Crippen molar-refractivity contribution in [3.63, 3.8) is 0 Å². The highest BCUT2D eigenvalue weighted by molar-refractivity contribution is 6.30. The first-order chi connectivity index (χ1) is 10.5. The van der Waals surface area contributed by atoms with Crippen molar-refractivity contribution in [2.24, 2.45) is 7.05 Å². The SMILES string of the molecule is Cc1cc(Cc2ccc(N)nn2)n(C)c1-c1cccc(Cl)c1. The number of hydrogen-bond donors (Lipinski definition) is 1. The lowest BCUT2D eigenvalue weighted by molar-refractivity contribution is 0.832. The largest absolute Gasteiger partial charge is 0.382 e. The number of halogens is 1. The molecule has 112 valence electrons. The normalized spacial score (nSPS) is 10.9. The number of aryl methyl sites for hydroxylation is 1. The van der Waals surface area contributed by atoms with Gasteiger partial charge >= 0.3 is 0 Å². The summed E-state index contributed by atoms with van der Waals surface area (Å²) >= 11 is 6.11. The molecular weight excluding hydrogens is 296 g/mol. The maximum absolute atomic E-state index is 6.11. The Labute approximate surface area is 134 Å². The van der Waals surface area contributed by atoms with Crippen molar-refractivity contribution < 1.29 is 0 Å². The van der Waals surface area contributed by atoms with Gasteiger partial charge in [0.05, 0.1) is 11.4 Å². The van der Waals surface area contributed by atoms with Gasteiger partial charge in [-0.25, -0.2) is 0 Å². The summed E-state index contributed by atoms with van der Waals surface area (Å²) < 4.78 is 2.18. The van der Waals surface area contributed by atoms with E-state index in [9.17, 15) is 0 Å². The summed E-state index contributed by atoms with van der Waals surface area (Å²) in [6.45, 7) is 2.11. The van der Waals surface area contributed by atoms with Crippen LogP contribution >= 0.6 is 11.6 Å². The number of aromatic nitrogens is 3. The third-order valence-corrected chi connectivity index (χ3v) is 3.96. The smallest absolute Gasteiger partial charge is 0.146 e. The molecule has 3 aromatic rings. The Balaban J connectivity index is 1.98. The Morgan fingerprint density at radius 3 is 2.64 bits per heavy atom. The van der Waals surface area contributed by atoms with Crippen LogP contribution in [0.1, 0.15) is 17.0 Å². The van der Waals surface area contributed by atoms with E-state index in [-0.39, 0.29) is 0 Å². The molecule has 0 unspecified atom stereocenters. The molecule has 0 spiro atoms. The van der Waals surface area contributed by atoms with Crippen LogP contribution in [0.25, 0.3) is 11.3 Å². The number of anilines is 1. The van der Waals surface area contributed by atoms with Crippen LogP contribution in [0.15, 0.2) is 42.5 Å². The van der Waals surface area contributed by atoms with E-state index in [2.05, 4.69) is 40.9 Å². The Morgan fingerprint density at radius 1 is 1.14 bits per heavy atom. The van der Waals surface area contributed by atoms with Crippen LogP contribution in [0.3, 0.4) is 0 Å². The molecule has 0 aliphatic carbocycles. The first-order valence-corrected chi connectivity index (χ1v) is 7.41. The molecule has 22 heavy (non-hydrogen) atoms. The molecule has 5 heteroatoms. The third kappa shape index (κ3) is 2.83. The fraction of sp³-hybridized carbons (Fsp3) is 0.176. The van der Waals surface area contributed by atoms with Crippen molar-refractivity contribution in [2.45, 2.75) is 13.3 Å². The fourth-order valence-electron chi connectivity index (χ4n) is 2.70. The molecule has 2 N–H and O–H groups in total. The predicted octanol–water partition coefficient (Wildman–Crippen LogP) is 3.62. The van der Waals surface area contributed by atoms with Crippen molar-refractivity contribution in [1.82, 2.24) is 14.8 Å². The Kier molecular flexibility index (Phi) is 3.86. The summed E-state index contributed by atoms with van der Waals surface area (Å²) in [5, 5.41) is 8.78. The maximum Gasteiger partial charge on any atom is 0.146 e. The van der Waals surface area contributed by atoms with Crippen LogP contribution in [0.2, 0.25) is 5.02 Å². The van der Waals surface area contributed by atoms with E-state index in [1.54, 1.807) is 6.07 Å². The Morgan fingerprint density at radius 2 is 1.95 bits per heavy atom.